The molecule has 4 heteroatoms. The lowest BCUT2D eigenvalue weighted by Crippen LogP contribution is -2.24. The Bertz CT molecular complexity index is 463. The maximum Gasteiger partial charge on any atom is 0.306 e. The van der Waals surface area contributed by atoms with E-state index in [0.29, 0.717) is 12.8 Å². The summed E-state index contributed by atoms with van der Waals surface area (Å²) in [6.07, 6.45) is 4.68. The van der Waals surface area contributed by atoms with Crippen LogP contribution < -0.4 is 0 Å². The molecular weight excluding hydrogens is 228 g/mol. The molecule has 98 valence electrons. The van der Waals surface area contributed by atoms with Crippen LogP contribution in [0.3, 0.4) is 0 Å². The molecule has 1 unspecified atom stereocenters. The molecule has 18 heavy (non-hydrogen) atoms. The standard InChI is InChI=1S/C14H20N2O2/c1-14(2,3)7-12-15-8-10-6-9(13(17)18)4-5-11(10)16-12/h8-9H,4-7H2,1-3H3,(H,17,18). The molecule has 0 aliphatic heterocycles. The van der Waals surface area contributed by atoms with Crippen molar-refractivity contribution in [2.24, 2.45) is 11.3 Å². The van der Waals surface area contributed by atoms with E-state index >= 15 is 0 Å². The number of aryl methyl sites for hydroxylation is 1. The molecule has 1 aliphatic rings. The predicted octanol–water partition coefficient (Wildman–Crippen LogP) is 2.25. The summed E-state index contributed by atoms with van der Waals surface area (Å²) >= 11 is 0. The molecule has 0 radical (unpaired) electrons. The van der Waals surface area contributed by atoms with Crippen molar-refractivity contribution in [3.63, 3.8) is 0 Å². The first-order valence-corrected chi connectivity index (χ1v) is 6.41. The average molecular weight is 248 g/mol. The zero-order valence-corrected chi connectivity index (χ0v) is 11.2. The first kappa shape index (κ1) is 13.0. The van der Waals surface area contributed by atoms with E-state index in [4.69, 9.17) is 5.11 Å². The summed E-state index contributed by atoms with van der Waals surface area (Å²) in [5.41, 5.74) is 2.22. The Morgan fingerprint density at radius 1 is 1.50 bits per heavy atom. The predicted molar refractivity (Wildman–Crippen MR) is 68.3 cm³/mol. The van der Waals surface area contributed by atoms with Crippen LogP contribution in [0.2, 0.25) is 0 Å². The molecule has 4 nitrogen and oxygen atoms in total. The lowest BCUT2D eigenvalue weighted by molar-refractivity contribution is -0.142. The van der Waals surface area contributed by atoms with E-state index in [2.05, 4.69) is 30.7 Å². The molecule has 1 atom stereocenters. The molecule has 0 spiro atoms. The van der Waals surface area contributed by atoms with Gasteiger partial charge in [0, 0.05) is 18.3 Å². The highest BCUT2D eigenvalue weighted by molar-refractivity contribution is 5.70. The molecule has 0 fully saturated rings. The molecule has 1 heterocycles. The molecule has 1 aromatic heterocycles. The number of hydrogen-bond acceptors (Lipinski definition) is 3. The van der Waals surface area contributed by atoms with Crippen molar-refractivity contribution in [3.05, 3.63) is 23.3 Å². The van der Waals surface area contributed by atoms with Gasteiger partial charge in [-0.2, -0.15) is 0 Å². The number of carbonyl (C=O) groups is 1. The van der Waals surface area contributed by atoms with Gasteiger partial charge < -0.3 is 5.11 Å². The summed E-state index contributed by atoms with van der Waals surface area (Å²) in [6.45, 7) is 6.49. The molecule has 1 N–H and O–H groups in total. The van der Waals surface area contributed by atoms with Gasteiger partial charge in [0.15, 0.2) is 0 Å². The van der Waals surface area contributed by atoms with Crippen LogP contribution in [0, 0.1) is 11.3 Å². The highest BCUT2D eigenvalue weighted by Gasteiger charge is 2.26. The molecule has 1 aromatic rings. The monoisotopic (exact) mass is 248 g/mol. The highest BCUT2D eigenvalue weighted by atomic mass is 16.4. The zero-order valence-electron chi connectivity index (χ0n) is 11.2. The van der Waals surface area contributed by atoms with E-state index < -0.39 is 5.97 Å². The van der Waals surface area contributed by atoms with Crippen LogP contribution in [0.15, 0.2) is 6.20 Å². The molecule has 0 saturated heterocycles. The third kappa shape index (κ3) is 3.06. The smallest absolute Gasteiger partial charge is 0.306 e. The van der Waals surface area contributed by atoms with Crippen LogP contribution in [-0.4, -0.2) is 21.0 Å². The van der Waals surface area contributed by atoms with Crippen LogP contribution in [-0.2, 0) is 24.1 Å². The summed E-state index contributed by atoms with van der Waals surface area (Å²) in [7, 11) is 0. The molecule has 0 saturated carbocycles. The van der Waals surface area contributed by atoms with Crippen LogP contribution in [0.25, 0.3) is 0 Å². The average Bonchev–Trinajstić information content (AvgIpc) is 2.26. The number of fused-ring (bicyclic) bond motifs is 1. The fourth-order valence-corrected chi connectivity index (χ4v) is 2.32. The van der Waals surface area contributed by atoms with E-state index in [-0.39, 0.29) is 11.3 Å². The summed E-state index contributed by atoms with van der Waals surface area (Å²) in [4.78, 5) is 19.9. The largest absolute Gasteiger partial charge is 0.481 e. The number of hydrogen-bond donors (Lipinski definition) is 1. The lowest BCUT2D eigenvalue weighted by atomic mass is 9.87. The minimum Gasteiger partial charge on any atom is -0.481 e. The van der Waals surface area contributed by atoms with Crippen molar-refractivity contribution in [1.29, 1.82) is 0 Å². The van der Waals surface area contributed by atoms with Gasteiger partial charge in [-0.25, -0.2) is 9.97 Å². The van der Waals surface area contributed by atoms with Gasteiger partial charge in [0.25, 0.3) is 0 Å². The van der Waals surface area contributed by atoms with Gasteiger partial charge in [-0.05, 0) is 30.2 Å². The van der Waals surface area contributed by atoms with E-state index in [9.17, 15) is 4.79 Å². The Hall–Kier alpha value is -1.45. The van der Waals surface area contributed by atoms with Gasteiger partial charge in [-0.15, -0.1) is 0 Å². The number of carboxylic acids is 1. The minimum absolute atomic E-state index is 0.173. The summed E-state index contributed by atoms with van der Waals surface area (Å²) in [6, 6.07) is 0. The van der Waals surface area contributed by atoms with Gasteiger partial charge in [0.1, 0.15) is 5.82 Å². The number of aliphatic carboxylic acids is 1. The van der Waals surface area contributed by atoms with Crippen molar-refractivity contribution < 1.29 is 9.90 Å². The molecule has 0 amide bonds. The summed E-state index contributed by atoms with van der Waals surface area (Å²) in [5.74, 6) is -0.107. The Morgan fingerprint density at radius 3 is 2.83 bits per heavy atom. The van der Waals surface area contributed by atoms with Crippen molar-refractivity contribution in [2.45, 2.75) is 46.5 Å². The third-order valence-electron chi connectivity index (χ3n) is 3.24. The van der Waals surface area contributed by atoms with E-state index in [1.54, 1.807) is 0 Å². The van der Waals surface area contributed by atoms with Gasteiger partial charge in [0.05, 0.1) is 5.92 Å². The second-order valence-electron chi connectivity index (χ2n) is 6.27. The topological polar surface area (TPSA) is 63.1 Å². The van der Waals surface area contributed by atoms with Crippen molar-refractivity contribution >= 4 is 5.97 Å². The van der Waals surface area contributed by atoms with E-state index in [1.807, 2.05) is 6.20 Å². The second-order valence-corrected chi connectivity index (χ2v) is 6.27. The van der Waals surface area contributed by atoms with Crippen molar-refractivity contribution in [3.8, 4) is 0 Å². The van der Waals surface area contributed by atoms with Crippen LogP contribution in [0.4, 0.5) is 0 Å². The quantitative estimate of drug-likeness (QED) is 0.872. The van der Waals surface area contributed by atoms with Crippen molar-refractivity contribution in [1.82, 2.24) is 9.97 Å². The Kier molecular flexibility index (Phi) is 3.37. The SMILES string of the molecule is CC(C)(C)Cc1ncc2c(n1)CCC(C(=O)O)C2. The third-order valence-corrected chi connectivity index (χ3v) is 3.24. The van der Waals surface area contributed by atoms with Crippen LogP contribution in [0.5, 0.6) is 0 Å². The number of aromatic nitrogens is 2. The molecule has 0 aromatic carbocycles. The first-order valence-electron chi connectivity index (χ1n) is 6.41. The normalized spacial score (nSPS) is 19.4. The zero-order chi connectivity index (χ0) is 13.3. The first-order chi connectivity index (χ1) is 8.35. The minimum atomic E-state index is -0.709. The van der Waals surface area contributed by atoms with Gasteiger partial charge >= 0.3 is 5.97 Å². The summed E-state index contributed by atoms with van der Waals surface area (Å²) < 4.78 is 0. The van der Waals surface area contributed by atoms with E-state index in [1.165, 1.54) is 0 Å². The second kappa shape index (κ2) is 4.67. The molecule has 0 bridgehead atoms. The highest BCUT2D eigenvalue weighted by Crippen LogP contribution is 2.25. The van der Waals surface area contributed by atoms with Crippen LogP contribution in [0.1, 0.15) is 44.3 Å². The van der Waals surface area contributed by atoms with Gasteiger partial charge in [0.2, 0.25) is 0 Å². The Balaban J connectivity index is 2.17. The summed E-state index contributed by atoms with van der Waals surface area (Å²) in [5, 5.41) is 9.03. The Labute approximate surface area is 107 Å². The lowest BCUT2D eigenvalue weighted by Gasteiger charge is -2.22. The fourth-order valence-electron chi connectivity index (χ4n) is 2.32. The van der Waals surface area contributed by atoms with Crippen LogP contribution >= 0.6 is 0 Å². The van der Waals surface area contributed by atoms with E-state index in [0.717, 1.165) is 29.9 Å². The number of rotatable bonds is 2. The number of nitrogens with zero attached hydrogens (tertiary/aromatic N) is 2. The van der Waals surface area contributed by atoms with Gasteiger partial charge in [-0.1, -0.05) is 20.8 Å². The maximum atomic E-state index is 11.0. The molecule has 2 rings (SSSR count). The molecular formula is C14H20N2O2. The number of carboxylic acid groups (broad SMARTS) is 1. The molecule has 1 aliphatic carbocycles. The maximum absolute atomic E-state index is 11.0. The van der Waals surface area contributed by atoms with Gasteiger partial charge in [-0.3, -0.25) is 4.79 Å². The Morgan fingerprint density at radius 2 is 2.22 bits per heavy atom. The van der Waals surface area contributed by atoms with Crippen molar-refractivity contribution in [2.75, 3.05) is 0 Å². The fraction of sp³-hybridized carbons (Fsp3) is 0.643.